The van der Waals surface area contributed by atoms with Gasteiger partial charge in [-0.3, -0.25) is 9.46 Å². The number of hydrogen-bond donors (Lipinski definition) is 1. The molecular formula is C22H33ClN3O6P. The highest BCUT2D eigenvalue weighted by Gasteiger charge is 2.43. The predicted molar refractivity (Wildman–Crippen MR) is 130 cm³/mol. The fraction of sp³-hybridized carbons (Fsp3) is 0.500. The Kier molecular flexibility index (Phi) is 10.3. The molecule has 1 aliphatic heterocycles. The zero-order valence-electron chi connectivity index (χ0n) is 19.5. The molecule has 0 bridgehead atoms. The second kappa shape index (κ2) is 12.4. The molecule has 0 aliphatic carbocycles. The van der Waals surface area contributed by atoms with Crippen molar-refractivity contribution < 1.29 is 28.2 Å². The van der Waals surface area contributed by atoms with Gasteiger partial charge in [0, 0.05) is 32.4 Å². The minimum absolute atomic E-state index is 0. The molecule has 1 aromatic heterocycles. The Balaban J connectivity index is 0.00000385. The van der Waals surface area contributed by atoms with E-state index in [0.29, 0.717) is 31.7 Å². The first kappa shape index (κ1) is 27.2. The SMILES string of the molecule is CCOP(=O)(OCC)C(c1cc(OC)c(O)c(OC)c1)N1CCN(c2ccccn2)CC1.Cl. The number of pyridine rings is 1. The number of nitrogens with zero attached hydrogens (tertiary/aromatic N) is 3. The van der Waals surface area contributed by atoms with E-state index in [9.17, 15) is 9.67 Å². The van der Waals surface area contributed by atoms with Crippen molar-refractivity contribution in [3.63, 3.8) is 0 Å². The second-order valence-corrected chi connectivity index (χ2v) is 9.32. The van der Waals surface area contributed by atoms with Crippen molar-refractivity contribution in [1.82, 2.24) is 9.88 Å². The van der Waals surface area contributed by atoms with Gasteiger partial charge in [0.1, 0.15) is 11.6 Å². The number of halogens is 1. The molecule has 9 nitrogen and oxygen atoms in total. The molecule has 0 saturated carbocycles. The Labute approximate surface area is 201 Å². The van der Waals surface area contributed by atoms with Crippen LogP contribution >= 0.6 is 20.0 Å². The monoisotopic (exact) mass is 501 g/mol. The molecule has 184 valence electrons. The number of piperazine rings is 1. The highest BCUT2D eigenvalue weighted by Crippen LogP contribution is 2.63. The van der Waals surface area contributed by atoms with E-state index in [0.717, 1.165) is 5.82 Å². The zero-order valence-corrected chi connectivity index (χ0v) is 21.2. The highest BCUT2D eigenvalue weighted by atomic mass is 35.5. The fourth-order valence-corrected chi connectivity index (χ4v) is 6.15. The van der Waals surface area contributed by atoms with Crippen LogP contribution in [0.25, 0.3) is 0 Å². The van der Waals surface area contributed by atoms with Crippen LogP contribution in [0.15, 0.2) is 36.5 Å². The molecule has 0 spiro atoms. The van der Waals surface area contributed by atoms with E-state index in [-0.39, 0.29) is 42.9 Å². The third-order valence-electron chi connectivity index (χ3n) is 5.35. The van der Waals surface area contributed by atoms with Crippen LogP contribution in [0, 0.1) is 0 Å². The highest BCUT2D eigenvalue weighted by molar-refractivity contribution is 7.54. The summed E-state index contributed by atoms with van der Waals surface area (Å²) in [5.74, 6) is 0.582. The number of aromatic hydroxyl groups is 1. The smallest absolute Gasteiger partial charge is 0.352 e. The minimum Gasteiger partial charge on any atom is -0.502 e. The van der Waals surface area contributed by atoms with Gasteiger partial charge in [-0.15, -0.1) is 12.4 Å². The number of hydrogen-bond acceptors (Lipinski definition) is 9. The van der Waals surface area contributed by atoms with Crippen LogP contribution < -0.4 is 14.4 Å². The fourth-order valence-electron chi connectivity index (χ4n) is 3.93. The number of ether oxygens (including phenoxy) is 2. The summed E-state index contributed by atoms with van der Waals surface area (Å²) < 4.78 is 36.2. The lowest BCUT2D eigenvalue weighted by Crippen LogP contribution is -2.48. The first-order valence-electron chi connectivity index (χ1n) is 10.7. The third-order valence-corrected chi connectivity index (χ3v) is 7.81. The van der Waals surface area contributed by atoms with Gasteiger partial charge in [0.25, 0.3) is 0 Å². The van der Waals surface area contributed by atoms with Gasteiger partial charge in [-0.1, -0.05) is 6.07 Å². The number of phenols is 1. The van der Waals surface area contributed by atoms with Crippen molar-refractivity contribution in [2.24, 2.45) is 0 Å². The molecule has 1 N–H and O–H groups in total. The standard InChI is InChI=1S/C22H32N3O6P.ClH/c1-5-30-32(27,31-6-2)22(17-15-18(28-3)21(26)19(16-17)29-4)25-13-11-24(12-14-25)20-9-7-8-10-23-20;/h7-10,15-16,22,26H,5-6,11-14H2,1-4H3;1H. The van der Waals surface area contributed by atoms with Crippen molar-refractivity contribution in [1.29, 1.82) is 0 Å². The van der Waals surface area contributed by atoms with E-state index < -0.39 is 13.4 Å². The maximum Gasteiger partial charge on any atom is 0.352 e. The number of aromatic nitrogens is 1. The molecule has 1 aliphatic rings. The van der Waals surface area contributed by atoms with Crippen molar-refractivity contribution in [3.05, 3.63) is 42.1 Å². The Hall–Kier alpha value is -2.03. The molecule has 33 heavy (non-hydrogen) atoms. The summed E-state index contributed by atoms with van der Waals surface area (Å²) in [4.78, 5) is 8.72. The average molecular weight is 502 g/mol. The van der Waals surface area contributed by atoms with Gasteiger partial charge in [0.2, 0.25) is 5.75 Å². The number of phenolic OH excluding ortho intramolecular Hbond substituents is 1. The Morgan fingerprint density at radius 3 is 2.06 bits per heavy atom. The van der Waals surface area contributed by atoms with Gasteiger partial charge in [-0.05, 0) is 43.7 Å². The van der Waals surface area contributed by atoms with Crippen molar-refractivity contribution in [3.8, 4) is 17.2 Å². The summed E-state index contributed by atoms with van der Waals surface area (Å²) in [7, 11) is -0.665. The molecule has 1 atom stereocenters. The molecule has 11 heteroatoms. The summed E-state index contributed by atoms with van der Waals surface area (Å²) in [5.41, 5.74) is 0.632. The number of rotatable bonds is 10. The van der Waals surface area contributed by atoms with Gasteiger partial charge >= 0.3 is 7.60 Å². The third kappa shape index (κ3) is 6.11. The first-order valence-corrected chi connectivity index (χ1v) is 12.3. The van der Waals surface area contributed by atoms with E-state index in [4.69, 9.17) is 18.5 Å². The van der Waals surface area contributed by atoms with E-state index in [1.165, 1.54) is 14.2 Å². The second-order valence-electron chi connectivity index (χ2n) is 7.23. The van der Waals surface area contributed by atoms with Crippen LogP contribution in [-0.4, -0.2) is 68.6 Å². The van der Waals surface area contributed by atoms with Gasteiger partial charge < -0.3 is 28.5 Å². The number of anilines is 1. The van der Waals surface area contributed by atoms with Crippen LogP contribution in [0.5, 0.6) is 17.2 Å². The summed E-state index contributed by atoms with van der Waals surface area (Å²) in [6.45, 7) is 6.73. The molecule has 0 radical (unpaired) electrons. The summed E-state index contributed by atoms with van der Waals surface area (Å²) in [5, 5.41) is 10.4. The molecule has 2 heterocycles. The number of benzene rings is 1. The summed E-state index contributed by atoms with van der Waals surface area (Å²) in [6, 6.07) is 9.16. The molecule has 1 saturated heterocycles. The average Bonchev–Trinajstić information content (AvgIpc) is 2.81. The lowest BCUT2D eigenvalue weighted by atomic mass is 10.1. The van der Waals surface area contributed by atoms with Gasteiger partial charge in [-0.2, -0.15) is 0 Å². The normalized spacial score (nSPS) is 15.6. The van der Waals surface area contributed by atoms with Crippen LogP contribution in [0.3, 0.4) is 0 Å². The largest absolute Gasteiger partial charge is 0.502 e. The van der Waals surface area contributed by atoms with E-state index in [2.05, 4.69) is 14.8 Å². The summed E-state index contributed by atoms with van der Waals surface area (Å²) in [6.07, 6.45) is 1.78. The van der Waals surface area contributed by atoms with Crippen LogP contribution in [-0.2, 0) is 13.6 Å². The Morgan fingerprint density at radius 1 is 1.03 bits per heavy atom. The minimum atomic E-state index is -3.59. The quantitative estimate of drug-likeness (QED) is 0.478. The first-order chi connectivity index (χ1) is 15.5. The zero-order chi connectivity index (χ0) is 23.1. The van der Waals surface area contributed by atoms with Crippen molar-refractivity contribution in [2.75, 3.05) is 58.5 Å². The maximum atomic E-state index is 14.0. The predicted octanol–water partition coefficient (Wildman–Crippen LogP) is 4.31. The van der Waals surface area contributed by atoms with Gasteiger partial charge in [0.05, 0.1) is 27.4 Å². The molecule has 2 aromatic rings. The van der Waals surface area contributed by atoms with Crippen LogP contribution in [0.4, 0.5) is 5.82 Å². The molecule has 3 rings (SSSR count). The van der Waals surface area contributed by atoms with E-state index in [1.54, 1.807) is 32.2 Å². The molecule has 0 amide bonds. The summed E-state index contributed by atoms with van der Waals surface area (Å²) >= 11 is 0. The Bertz CT molecular complexity index is 893. The lowest BCUT2D eigenvalue weighted by molar-refractivity contribution is 0.157. The number of methoxy groups -OCH3 is 2. The maximum absolute atomic E-state index is 14.0. The molecule has 1 fully saturated rings. The van der Waals surface area contributed by atoms with E-state index >= 15 is 0 Å². The molecule has 1 unspecified atom stereocenters. The van der Waals surface area contributed by atoms with Crippen LogP contribution in [0.2, 0.25) is 0 Å². The van der Waals surface area contributed by atoms with E-state index in [1.807, 2.05) is 18.2 Å². The van der Waals surface area contributed by atoms with Crippen molar-refractivity contribution in [2.45, 2.75) is 19.6 Å². The molecule has 1 aromatic carbocycles. The van der Waals surface area contributed by atoms with Crippen molar-refractivity contribution >= 4 is 25.8 Å². The molecular weight excluding hydrogens is 469 g/mol. The van der Waals surface area contributed by atoms with Gasteiger partial charge in [0.15, 0.2) is 11.5 Å². The Morgan fingerprint density at radius 2 is 1.61 bits per heavy atom. The topological polar surface area (TPSA) is 93.6 Å². The lowest BCUT2D eigenvalue weighted by Gasteiger charge is -2.41. The van der Waals surface area contributed by atoms with Gasteiger partial charge in [-0.25, -0.2) is 4.98 Å². The van der Waals surface area contributed by atoms with Crippen LogP contribution in [0.1, 0.15) is 25.2 Å².